The smallest absolute Gasteiger partial charge is 0.354 e. The van der Waals surface area contributed by atoms with Gasteiger partial charge in [-0.3, -0.25) is 0 Å². The van der Waals surface area contributed by atoms with Crippen LogP contribution in [0, 0.1) is 6.92 Å². The highest BCUT2D eigenvalue weighted by Gasteiger charge is 2.30. The first kappa shape index (κ1) is 12.3. The van der Waals surface area contributed by atoms with Gasteiger partial charge in [-0.15, -0.1) is 11.3 Å². The molecule has 0 aliphatic carbocycles. The highest BCUT2D eigenvalue weighted by Crippen LogP contribution is 2.34. The fourth-order valence-electron chi connectivity index (χ4n) is 2.02. The normalized spacial score (nSPS) is 12.2. The number of thiophene rings is 1. The van der Waals surface area contributed by atoms with Crippen LogP contribution in [0.2, 0.25) is 0 Å². The number of alkyl halides is 3. The number of fused-ring (bicyclic) bond motifs is 1. The van der Waals surface area contributed by atoms with Crippen molar-refractivity contribution in [2.75, 3.05) is 0 Å². The Bertz CT molecular complexity index is 737. The molecule has 2 heterocycles. The highest BCUT2D eigenvalue weighted by molar-refractivity contribution is 7.15. The van der Waals surface area contributed by atoms with Crippen molar-refractivity contribution < 1.29 is 13.2 Å². The Labute approximate surface area is 111 Å². The summed E-state index contributed by atoms with van der Waals surface area (Å²) < 4.78 is 37.9. The number of nitrogens with one attached hydrogen (secondary N) is 1. The highest BCUT2D eigenvalue weighted by atomic mass is 32.1. The zero-order chi connectivity index (χ0) is 13.6. The summed E-state index contributed by atoms with van der Waals surface area (Å²) >= 11 is 1.61. The molecule has 0 unspecified atom stereocenters. The Morgan fingerprint density at radius 1 is 1.05 bits per heavy atom. The Hall–Kier alpha value is -1.75. The molecule has 0 spiro atoms. The number of halogens is 3. The molecule has 1 nitrogen and oxygen atoms in total. The molecule has 0 aliphatic heterocycles. The fourth-order valence-corrected chi connectivity index (χ4v) is 2.86. The van der Waals surface area contributed by atoms with E-state index in [1.807, 2.05) is 19.1 Å². The van der Waals surface area contributed by atoms with Crippen LogP contribution in [0.15, 0.2) is 36.4 Å². The van der Waals surface area contributed by atoms with Gasteiger partial charge < -0.3 is 4.98 Å². The number of rotatable bonds is 1. The number of hydrogen-bond donors (Lipinski definition) is 1. The molecule has 0 bridgehead atoms. The third kappa shape index (κ3) is 2.26. The average Bonchev–Trinajstić information content (AvgIpc) is 2.92. The second kappa shape index (κ2) is 4.13. The molecule has 0 radical (unpaired) electrons. The number of aromatic nitrogens is 1. The number of aryl methyl sites for hydroxylation is 1. The van der Waals surface area contributed by atoms with Gasteiger partial charge >= 0.3 is 6.18 Å². The maximum atomic E-state index is 12.6. The molecule has 0 saturated carbocycles. The van der Waals surface area contributed by atoms with E-state index in [9.17, 15) is 13.2 Å². The fraction of sp³-hybridized carbons (Fsp3) is 0.143. The molecular formula is C14H10F3NS. The second-order valence-electron chi connectivity index (χ2n) is 4.39. The summed E-state index contributed by atoms with van der Waals surface area (Å²) in [4.78, 5) is 5.35. The van der Waals surface area contributed by atoms with Gasteiger partial charge in [-0.25, -0.2) is 0 Å². The van der Waals surface area contributed by atoms with Crippen molar-refractivity contribution in [1.29, 1.82) is 0 Å². The first-order valence-electron chi connectivity index (χ1n) is 5.70. The van der Waals surface area contributed by atoms with Gasteiger partial charge in [-0.1, -0.05) is 0 Å². The van der Waals surface area contributed by atoms with Crippen molar-refractivity contribution in [3.05, 3.63) is 46.8 Å². The zero-order valence-corrected chi connectivity index (χ0v) is 10.8. The molecule has 1 N–H and O–H groups in total. The Balaban J connectivity index is 2.11. The van der Waals surface area contributed by atoms with Crippen molar-refractivity contribution in [3.63, 3.8) is 0 Å². The third-order valence-corrected chi connectivity index (χ3v) is 3.99. The Morgan fingerprint density at radius 2 is 1.84 bits per heavy atom. The minimum Gasteiger partial charge on any atom is -0.354 e. The first-order chi connectivity index (χ1) is 8.93. The van der Waals surface area contributed by atoms with Gasteiger partial charge in [0.05, 0.1) is 16.1 Å². The van der Waals surface area contributed by atoms with Crippen LogP contribution < -0.4 is 0 Å². The van der Waals surface area contributed by atoms with Crippen molar-refractivity contribution in [2.24, 2.45) is 0 Å². The molecule has 2 aromatic heterocycles. The van der Waals surface area contributed by atoms with E-state index >= 15 is 0 Å². The summed E-state index contributed by atoms with van der Waals surface area (Å²) in [5.74, 6) is 0. The minimum atomic E-state index is -4.30. The minimum absolute atomic E-state index is 0.580. The molecule has 0 fully saturated rings. The third-order valence-electron chi connectivity index (χ3n) is 2.95. The van der Waals surface area contributed by atoms with E-state index in [-0.39, 0.29) is 0 Å². The average molecular weight is 281 g/mol. The van der Waals surface area contributed by atoms with Crippen LogP contribution in [-0.2, 0) is 6.18 Å². The summed E-state index contributed by atoms with van der Waals surface area (Å²) in [6.45, 7) is 2.00. The summed E-state index contributed by atoms with van der Waals surface area (Å²) in [5.41, 5.74) is 0.953. The van der Waals surface area contributed by atoms with Gasteiger partial charge in [0.15, 0.2) is 0 Å². The van der Waals surface area contributed by atoms with Crippen LogP contribution in [0.25, 0.3) is 21.5 Å². The van der Waals surface area contributed by atoms with E-state index in [2.05, 4.69) is 4.98 Å². The maximum Gasteiger partial charge on any atom is 0.416 e. The number of aromatic amines is 1. The summed E-state index contributed by atoms with van der Waals surface area (Å²) in [6.07, 6.45) is -4.30. The summed E-state index contributed by atoms with van der Waals surface area (Å²) in [7, 11) is 0. The van der Waals surface area contributed by atoms with Gasteiger partial charge in [0, 0.05) is 15.8 Å². The molecule has 98 valence electrons. The van der Waals surface area contributed by atoms with Crippen LogP contribution in [0.1, 0.15) is 10.4 Å². The lowest BCUT2D eigenvalue weighted by molar-refractivity contribution is -0.137. The molecule has 19 heavy (non-hydrogen) atoms. The van der Waals surface area contributed by atoms with Gasteiger partial charge in [0.2, 0.25) is 0 Å². The lowest BCUT2D eigenvalue weighted by Crippen LogP contribution is -2.03. The molecule has 5 heteroatoms. The molecule has 0 aliphatic rings. The van der Waals surface area contributed by atoms with Gasteiger partial charge in [-0.05, 0) is 43.3 Å². The Kier molecular flexibility index (Phi) is 2.67. The maximum absolute atomic E-state index is 12.6. The van der Waals surface area contributed by atoms with Crippen molar-refractivity contribution in [3.8, 4) is 10.6 Å². The van der Waals surface area contributed by atoms with Crippen molar-refractivity contribution in [2.45, 2.75) is 13.1 Å². The SMILES string of the molecule is Cc1ccc(-c2cc3cc(C(F)(F)F)ccc3[nH]2)s1. The molecule has 3 rings (SSSR count). The topological polar surface area (TPSA) is 15.8 Å². The molecular weight excluding hydrogens is 271 g/mol. The largest absolute Gasteiger partial charge is 0.416 e. The van der Waals surface area contributed by atoms with E-state index in [0.717, 1.165) is 16.6 Å². The van der Waals surface area contributed by atoms with Gasteiger partial charge in [0.1, 0.15) is 0 Å². The molecule has 3 aromatic rings. The van der Waals surface area contributed by atoms with Gasteiger partial charge in [0.25, 0.3) is 0 Å². The molecule has 0 saturated heterocycles. The van der Waals surface area contributed by atoms with Crippen molar-refractivity contribution in [1.82, 2.24) is 4.98 Å². The number of hydrogen-bond acceptors (Lipinski definition) is 1. The van der Waals surface area contributed by atoms with Crippen LogP contribution in [-0.4, -0.2) is 4.98 Å². The van der Waals surface area contributed by atoms with E-state index in [0.29, 0.717) is 10.9 Å². The second-order valence-corrected chi connectivity index (χ2v) is 5.68. The Morgan fingerprint density at radius 3 is 2.47 bits per heavy atom. The van der Waals surface area contributed by atoms with Crippen LogP contribution in [0.3, 0.4) is 0 Å². The number of benzene rings is 1. The standard InChI is InChI=1S/C14H10F3NS/c1-8-2-5-13(19-8)12-7-9-6-10(14(15,16)17)3-4-11(9)18-12/h2-7,18H,1H3. The summed E-state index contributed by atoms with van der Waals surface area (Å²) in [6, 6.07) is 9.47. The quantitative estimate of drug-likeness (QED) is 0.629. The van der Waals surface area contributed by atoms with E-state index < -0.39 is 11.7 Å². The van der Waals surface area contributed by atoms with Crippen LogP contribution >= 0.6 is 11.3 Å². The monoisotopic (exact) mass is 281 g/mol. The predicted octanol–water partition coefficient (Wildman–Crippen LogP) is 5.22. The van der Waals surface area contributed by atoms with E-state index in [1.165, 1.54) is 17.0 Å². The summed E-state index contributed by atoms with van der Waals surface area (Å²) in [5, 5.41) is 0.580. The lowest BCUT2D eigenvalue weighted by atomic mass is 10.1. The van der Waals surface area contributed by atoms with Crippen LogP contribution in [0.4, 0.5) is 13.2 Å². The van der Waals surface area contributed by atoms with E-state index in [1.54, 1.807) is 17.4 Å². The zero-order valence-electron chi connectivity index (χ0n) is 10.0. The molecule has 1 aromatic carbocycles. The number of H-pyrrole nitrogens is 1. The van der Waals surface area contributed by atoms with E-state index in [4.69, 9.17) is 0 Å². The predicted molar refractivity (Wildman–Crippen MR) is 71.4 cm³/mol. The van der Waals surface area contributed by atoms with Crippen LogP contribution in [0.5, 0.6) is 0 Å². The first-order valence-corrected chi connectivity index (χ1v) is 6.52. The molecule has 0 amide bonds. The van der Waals surface area contributed by atoms with Gasteiger partial charge in [-0.2, -0.15) is 13.2 Å². The lowest BCUT2D eigenvalue weighted by Gasteiger charge is -2.05. The van der Waals surface area contributed by atoms with Crippen molar-refractivity contribution >= 4 is 22.2 Å². The molecule has 0 atom stereocenters.